The number of nitrogens with zero attached hydrogens (tertiary/aromatic N) is 1. The van der Waals surface area contributed by atoms with Crippen LogP contribution in [-0.4, -0.2) is 26.0 Å². The van der Waals surface area contributed by atoms with Crippen LogP contribution in [0.2, 0.25) is 5.02 Å². The second-order valence-corrected chi connectivity index (χ2v) is 8.29. The van der Waals surface area contributed by atoms with Crippen molar-refractivity contribution in [2.24, 2.45) is 0 Å². The molecule has 0 spiro atoms. The number of sulfonamides is 1. The minimum absolute atomic E-state index is 0.0177. The third kappa shape index (κ3) is 3.97. The molecule has 0 saturated carbocycles. The van der Waals surface area contributed by atoms with Gasteiger partial charge in [0.05, 0.1) is 22.7 Å². The topological polar surface area (TPSA) is 83.6 Å². The number of amides is 2. The smallest absolute Gasteiger partial charge is 0.321 e. The Kier molecular flexibility index (Phi) is 5.11. The highest BCUT2D eigenvalue weighted by molar-refractivity contribution is 7.94. The lowest BCUT2D eigenvalue weighted by atomic mass is 10.1. The first kappa shape index (κ1) is 20.2. The van der Waals surface area contributed by atoms with Crippen LogP contribution in [0.3, 0.4) is 0 Å². The Morgan fingerprint density at radius 3 is 2.29 bits per heavy atom. The van der Waals surface area contributed by atoms with Gasteiger partial charge < -0.3 is 5.32 Å². The van der Waals surface area contributed by atoms with Crippen LogP contribution in [0.4, 0.5) is 24.5 Å². The summed E-state index contributed by atoms with van der Waals surface area (Å²) in [4.78, 5) is 24.1. The molecule has 0 bridgehead atoms. The van der Waals surface area contributed by atoms with Crippen molar-refractivity contribution in [3.05, 3.63) is 58.6 Å². The van der Waals surface area contributed by atoms with Crippen LogP contribution in [0.1, 0.15) is 22.3 Å². The van der Waals surface area contributed by atoms with Gasteiger partial charge in [-0.25, -0.2) is 12.7 Å². The van der Waals surface area contributed by atoms with Gasteiger partial charge in [-0.15, -0.1) is 0 Å². The molecule has 1 fully saturated rings. The van der Waals surface area contributed by atoms with E-state index in [1.807, 2.05) is 0 Å². The lowest BCUT2D eigenvalue weighted by Crippen LogP contribution is -2.29. The van der Waals surface area contributed by atoms with Gasteiger partial charge in [-0.3, -0.25) is 9.59 Å². The van der Waals surface area contributed by atoms with Crippen LogP contribution in [-0.2, 0) is 21.0 Å². The molecule has 1 N–H and O–H groups in total. The Morgan fingerprint density at radius 1 is 1.11 bits per heavy atom. The van der Waals surface area contributed by atoms with E-state index in [4.69, 9.17) is 11.6 Å². The molecule has 0 radical (unpaired) electrons. The predicted molar refractivity (Wildman–Crippen MR) is 96.7 cm³/mol. The molecule has 2 amide bonds. The van der Waals surface area contributed by atoms with Crippen LogP contribution in [0, 0.1) is 0 Å². The molecule has 0 unspecified atom stereocenters. The molecule has 0 aliphatic carbocycles. The Balaban J connectivity index is 1.85. The van der Waals surface area contributed by atoms with Crippen molar-refractivity contribution >= 4 is 44.8 Å². The lowest BCUT2D eigenvalue weighted by molar-refractivity contribution is -0.136. The van der Waals surface area contributed by atoms with E-state index in [0.29, 0.717) is 10.4 Å². The van der Waals surface area contributed by atoms with Crippen LogP contribution in [0.25, 0.3) is 0 Å². The summed E-state index contributed by atoms with van der Waals surface area (Å²) in [5.41, 5.74) is -1.53. The first-order valence-electron chi connectivity index (χ1n) is 7.83. The Bertz CT molecular complexity index is 1050. The molecule has 6 nitrogen and oxygen atoms in total. The fourth-order valence-corrected chi connectivity index (χ4v) is 4.30. The van der Waals surface area contributed by atoms with Gasteiger partial charge in [0.1, 0.15) is 0 Å². The normalized spacial score (nSPS) is 16.3. The molecular weight excluding hydrogens is 421 g/mol. The molecule has 148 valence electrons. The maximum Gasteiger partial charge on any atom is 0.418 e. The molecule has 1 heterocycles. The van der Waals surface area contributed by atoms with Crippen molar-refractivity contribution in [1.82, 2.24) is 0 Å². The highest BCUT2D eigenvalue weighted by Crippen LogP contribution is 2.36. The van der Waals surface area contributed by atoms with E-state index < -0.39 is 39.3 Å². The zero-order valence-electron chi connectivity index (χ0n) is 14.0. The third-order valence-corrected chi connectivity index (χ3v) is 5.90. The van der Waals surface area contributed by atoms with E-state index in [-0.39, 0.29) is 28.4 Å². The van der Waals surface area contributed by atoms with Gasteiger partial charge in [0.15, 0.2) is 0 Å². The summed E-state index contributed by atoms with van der Waals surface area (Å²) in [6, 6.07) is 7.85. The van der Waals surface area contributed by atoms with Crippen LogP contribution < -0.4 is 9.62 Å². The second-order valence-electron chi connectivity index (χ2n) is 5.91. The van der Waals surface area contributed by atoms with Gasteiger partial charge in [-0.05, 0) is 42.5 Å². The van der Waals surface area contributed by atoms with Crippen LogP contribution in [0.5, 0.6) is 0 Å². The molecule has 0 atom stereocenters. The molecule has 1 aliphatic heterocycles. The summed E-state index contributed by atoms with van der Waals surface area (Å²) in [6.45, 7) is 0. The quantitative estimate of drug-likeness (QED) is 0.802. The van der Waals surface area contributed by atoms with Crippen LogP contribution in [0.15, 0.2) is 42.5 Å². The number of hydrogen-bond acceptors (Lipinski definition) is 4. The van der Waals surface area contributed by atoms with Gasteiger partial charge in [0.2, 0.25) is 15.9 Å². The molecule has 1 aliphatic rings. The summed E-state index contributed by atoms with van der Waals surface area (Å²) < 4.78 is 63.8. The summed E-state index contributed by atoms with van der Waals surface area (Å²) in [5.74, 6) is -1.73. The maximum atomic E-state index is 13.1. The number of halogens is 4. The van der Waals surface area contributed by atoms with E-state index >= 15 is 0 Å². The van der Waals surface area contributed by atoms with E-state index in [2.05, 4.69) is 5.32 Å². The maximum absolute atomic E-state index is 13.1. The number of nitrogens with one attached hydrogen (secondary N) is 1. The van der Waals surface area contributed by atoms with Crippen molar-refractivity contribution in [3.63, 3.8) is 0 Å². The summed E-state index contributed by atoms with van der Waals surface area (Å²) in [5, 5.41) is 2.03. The first-order valence-corrected chi connectivity index (χ1v) is 9.82. The number of carbonyl (C=O) groups excluding carboxylic acids is 2. The average Bonchev–Trinajstić information content (AvgIpc) is 2.88. The summed E-state index contributed by atoms with van der Waals surface area (Å²) in [7, 11) is -3.75. The average molecular weight is 433 g/mol. The Morgan fingerprint density at radius 2 is 1.75 bits per heavy atom. The first-order chi connectivity index (χ1) is 13.0. The predicted octanol–water partition coefficient (Wildman–Crippen LogP) is 3.68. The highest BCUT2D eigenvalue weighted by atomic mass is 35.5. The Labute approximate surface area is 163 Å². The standard InChI is InChI=1S/C17H12ClF3N2O4S/c18-11-3-6-14(13(9-11)17(19,20)21)22-16(25)10-1-4-12(5-2-10)23-15(24)7-8-28(23,26)27/h1-6,9H,7-8H2,(H,22,25). The van der Waals surface area contributed by atoms with Gasteiger partial charge >= 0.3 is 6.18 Å². The van der Waals surface area contributed by atoms with Gasteiger partial charge in [0, 0.05) is 17.0 Å². The zero-order chi connectivity index (χ0) is 20.7. The molecule has 11 heteroatoms. The number of carbonyl (C=O) groups is 2. The van der Waals surface area contributed by atoms with E-state index in [9.17, 15) is 31.2 Å². The van der Waals surface area contributed by atoms with Crippen molar-refractivity contribution in [1.29, 1.82) is 0 Å². The van der Waals surface area contributed by atoms with Crippen molar-refractivity contribution in [2.45, 2.75) is 12.6 Å². The molecule has 2 aromatic carbocycles. The molecule has 0 aromatic heterocycles. The molecule has 2 aromatic rings. The number of benzene rings is 2. The van der Waals surface area contributed by atoms with Crippen LogP contribution >= 0.6 is 11.6 Å². The molecular formula is C17H12ClF3N2O4S. The largest absolute Gasteiger partial charge is 0.418 e. The highest BCUT2D eigenvalue weighted by Gasteiger charge is 2.36. The molecule has 1 saturated heterocycles. The molecule has 3 rings (SSSR count). The van der Waals surface area contributed by atoms with Crippen molar-refractivity contribution in [2.75, 3.05) is 15.4 Å². The number of rotatable bonds is 3. The number of anilines is 2. The summed E-state index contributed by atoms with van der Waals surface area (Å²) in [6.07, 6.45) is -4.86. The van der Waals surface area contributed by atoms with Gasteiger partial charge in [0.25, 0.3) is 5.91 Å². The van der Waals surface area contributed by atoms with Gasteiger partial charge in [-0.1, -0.05) is 11.6 Å². The minimum Gasteiger partial charge on any atom is -0.321 e. The third-order valence-electron chi connectivity index (χ3n) is 3.98. The van der Waals surface area contributed by atoms with E-state index in [1.54, 1.807) is 0 Å². The van der Waals surface area contributed by atoms with Crippen molar-refractivity contribution in [3.8, 4) is 0 Å². The van der Waals surface area contributed by atoms with Crippen molar-refractivity contribution < 1.29 is 31.2 Å². The SMILES string of the molecule is O=C(Nc1ccc(Cl)cc1C(F)(F)F)c1ccc(N2C(=O)CCS2(=O)=O)cc1. The van der Waals surface area contributed by atoms with Gasteiger partial charge in [-0.2, -0.15) is 13.2 Å². The Hall–Kier alpha value is -2.59. The zero-order valence-corrected chi connectivity index (χ0v) is 15.5. The monoisotopic (exact) mass is 432 g/mol. The van der Waals surface area contributed by atoms with E-state index in [0.717, 1.165) is 6.07 Å². The number of hydrogen-bond donors (Lipinski definition) is 1. The summed E-state index contributed by atoms with van der Waals surface area (Å²) >= 11 is 5.60. The molecule has 28 heavy (non-hydrogen) atoms. The fraction of sp³-hybridized carbons (Fsp3) is 0.176. The number of alkyl halides is 3. The second kappa shape index (κ2) is 7.10. The minimum atomic E-state index is -4.72. The fourth-order valence-electron chi connectivity index (χ4n) is 2.67. The van der Waals surface area contributed by atoms with E-state index in [1.165, 1.54) is 30.3 Å². The lowest BCUT2D eigenvalue weighted by Gasteiger charge is -2.16.